The molecule has 1 unspecified atom stereocenters. The van der Waals surface area contributed by atoms with E-state index in [1.165, 1.54) is 0 Å². The summed E-state index contributed by atoms with van der Waals surface area (Å²) in [6, 6.07) is 0. The molecule has 1 atom stereocenters. The van der Waals surface area contributed by atoms with E-state index in [0.717, 1.165) is 6.42 Å². The minimum atomic E-state index is -0.766. The first-order chi connectivity index (χ1) is 6.56. The second-order valence-corrected chi connectivity index (χ2v) is 3.94. The summed E-state index contributed by atoms with van der Waals surface area (Å²) in [4.78, 5) is 23.7. The van der Waals surface area contributed by atoms with Gasteiger partial charge >= 0.3 is 5.97 Å². The number of carboxylic acid groups (broad SMARTS) is 1. The summed E-state index contributed by atoms with van der Waals surface area (Å²) in [7, 11) is 0. The summed E-state index contributed by atoms with van der Waals surface area (Å²) in [5.41, 5.74) is 0. The van der Waals surface area contributed by atoms with Crippen LogP contribution in [0.25, 0.3) is 0 Å². The number of rotatable bonds is 4. The fourth-order valence-electron chi connectivity index (χ4n) is 1.61. The Morgan fingerprint density at radius 1 is 1.50 bits per heavy atom. The lowest BCUT2D eigenvalue weighted by Gasteiger charge is -2.41. The highest BCUT2D eigenvalue weighted by atomic mass is 16.4. The summed E-state index contributed by atoms with van der Waals surface area (Å²) < 4.78 is 0. The molecule has 1 heterocycles. The van der Waals surface area contributed by atoms with E-state index >= 15 is 0 Å². The zero-order valence-corrected chi connectivity index (χ0v) is 8.69. The monoisotopic (exact) mass is 199 g/mol. The van der Waals surface area contributed by atoms with Crippen LogP contribution >= 0.6 is 0 Å². The van der Waals surface area contributed by atoms with Crippen molar-refractivity contribution in [1.82, 2.24) is 4.90 Å². The Labute approximate surface area is 83.9 Å². The van der Waals surface area contributed by atoms with E-state index < -0.39 is 5.97 Å². The third-order valence-corrected chi connectivity index (χ3v) is 2.82. The quantitative estimate of drug-likeness (QED) is 0.733. The van der Waals surface area contributed by atoms with Gasteiger partial charge < -0.3 is 10.0 Å². The normalized spacial score (nSPS) is 18.9. The Balaban J connectivity index is 2.29. The molecule has 1 aliphatic heterocycles. The lowest BCUT2D eigenvalue weighted by molar-refractivity contribution is -0.150. The van der Waals surface area contributed by atoms with E-state index in [1.807, 2.05) is 6.92 Å². The molecule has 0 aromatic heterocycles. The smallest absolute Gasteiger partial charge is 0.306 e. The zero-order chi connectivity index (χ0) is 10.7. The van der Waals surface area contributed by atoms with Crippen molar-refractivity contribution in [3.05, 3.63) is 0 Å². The van der Waals surface area contributed by atoms with Crippen LogP contribution < -0.4 is 0 Å². The number of amides is 1. The first kappa shape index (κ1) is 11.0. The number of carboxylic acids is 1. The van der Waals surface area contributed by atoms with Crippen LogP contribution in [0.2, 0.25) is 0 Å². The molecule has 1 fully saturated rings. The second-order valence-electron chi connectivity index (χ2n) is 3.94. The largest absolute Gasteiger partial charge is 0.481 e. The van der Waals surface area contributed by atoms with E-state index in [1.54, 1.807) is 11.8 Å². The molecule has 0 spiro atoms. The van der Waals surface area contributed by atoms with Crippen molar-refractivity contribution in [1.29, 1.82) is 0 Å². The van der Waals surface area contributed by atoms with Gasteiger partial charge in [0, 0.05) is 25.4 Å². The number of likely N-dealkylation sites (tertiary alicyclic amines) is 1. The summed E-state index contributed by atoms with van der Waals surface area (Å²) in [6.45, 7) is 4.91. The molecule has 0 aromatic carbocycles. The number of carbonyl (C=O) groups is 2. The van der Waals surface area contributed by atoms with Crippen molar-refractivity contribution in [2.75, 3.05) is 13.1 Å². The lowest BCUT2D eigenvalue weighted by Crippen LogP contribution is -2.53. The van der Waals surface area contributed by atoms with Gasteiger partial charge in [-0.2, -0.15) is 0 Å². The van der Waals surface area contributed by atoms with Gasteiger partial charge in [0.25, 0.3) is 0 Å². The van der Waals surface area contributed by atoms with Gasteiger partial charge in [-0.1, -0.05) is 13.8 Å². The fraction of sp³-hybridized carbons (Fsp3) is 0.800. The third-order valence-electron chi connectivity index (χ3n) is 2.82. The predicted molar refractivity (Wildman–Crippen MR) is 51.8 cm³/mol. The van der Waals surface area contributed by atoms with Gasteiger partial charge in [-0.05, 0) is 6.42 Å². The Bertz CT molecular complexity index is 234. The first-order valence-corrected chi connectivity index (χ1v) is 5.06. The van der Waals surface area contributed by atoms with Crippen molar-refractivity contribution in [3.63, 3.8) is 0 Å². The van der Waals surface area contributed by atoms with E-state index in [9.17, 15) is 9.59 Å². The number of carbonyl (C=O) groups excluding carboxylic acids is 1. The van der Waals surface area contributed by atoms with Gasteiger partial charge in [-0.15, -0.1) is 0 Å². The molecule has 14 heavy (non-hydrogen) atoms. The fourth-order valence-corrected chi connectivity index (χ4v) is 1.61. The number of hydrogen-bond acceptors (Lipinski definition) is 2. The molecular formula is C10H17NO3. The Morgan fingerprint density at radius 3 is 2.50 bits per heavy atom. The summed E-state index contributed by atoms with van der Waals surface area (Å²) in [6.07, 6.45) is 1.43. The zero-order valence-electron chi connectivity index (χ0n) is 8.69. The van der Waals surface area contributed by atoms with Crippen LogP contribution in [0, 0.1) is 11.8 Å². The van der Waals surface area contributed by atoms with Crippen LogP contribution in [0.5, 0.6) is 0 Å². The van der Waals surface area contributed by atoms with E-state index in [-0.39, 0.29) is 17.7 Å². The van der Waals surface area contributed by atoms with Crippen molar-refractivity contribution in [2.45, 2.75) is 26.7 Å². The molecule has 0 aliphatic carbocycles. The number of aliphatic carboxylic acids is 1. The molecule has 80 valence electrons. The molecule has 1 amide bonds. The molecule has 1 rings (SSSR count). The van der Waals surface area contributed by atoms with Gasteiger partial charge in [0.1, 0.15) is 0 Å². The Kier molecular flexibility index (Phi) is 3.49. The molecule has 1 N–H and O–H groups in total. The van der Waals surface area contributed by atoms with E-state index in [0.29, 0.717) is 19.5 Å². The van der Waals surface area contributed by atoms with Crippen LogP contribution in [0.1, 0.15) is 26.7 Å². The average Bonchev–Trinajstić information content (AvgIpc) is 2.01. The van der Waals surface area contributed by atoms with E-state index in [4.69, 9.17) is 5.11 Å². The molecule has 0 bridgehead atoms. The first-order valence-electron chi connectivity index (χ1n) is 5.06. The topological polar surface area (TPSA) is 57.6 Å². The molecule has 1 aliphatic rings. The van der Waals surface area contributed by atoms with Gasteiger partial charge in [0.2, 0.25) is 5.91 Å². The van der Waals surface area contributed by atoms with Gasteiger partial charge in [0.15, 0.2) is 0 Å². The molecule has 1 saturated heterocycles. The minimum absolute atomic E-state index is 0.147. The van der Waals surface area contributed by atoms with Gasteiger partial charge in [-0.25, -0.2) is 0 Å². The maximum absolute atomic E-state index is 11.3. The third kappa shape index (κ3) is 2.25. The van der Waals surface area contributed by atoms with Crippen LogP contribution in [-0.4, -0.2) is 35.0 Å². The average molecular weight is 199 g/mol. The number of nitrogens with zero attached hydrogens (tertiary/aromatic N) is 1. The molecule has 0 radical (unpaired) electrons. The number of hydrogen-bond donors (Lipinski definition) is 1. The summed E-state index contributed by atoms with van der Waals surface area (Å²) in [5, 5.41) is 8.74. The van der Waals surface area contributed by atoms with Gasteiger partial charge in [-0.3, -0.25) is 9.59 Å². The van der Waals surface area contributed by atoms with Crippen LogP contribution in [0.3, 0.4) is 0 Å². The summed E-state index contributed by atoms with van der Waals surface area (Å²) in [5.74, 6) is -0.798. The highest BCUT2D eigenvalue weighted by Gasteiger charge is 2.36. The molecule has 4 heteroatoms. The highest BCUT2D eigenvalue weighted by molar-refractivity contribution is 5.77. The van der Waals surface area contributed by atoms with Crippen LogP contribution in [-0.2, 0) is 9.59 Å². The molecule has 4 nitrogen and oxygen atoms in total. The molecule has 0 aromatic rings. The second kappa shape index (κ2) is 4.44. The highest BCUT2D eigenvalue weighted by Crippen LogP contribution is 2.24. The van der Waals surface area contributed by atoms with Gasteiger partial charge in [0.05, 0.1) is 5.92 Å². The van der Waals surface area contributed by atoms with Crippen molar-refractivity contribution < 1.29 is 14.7 Å². The van der Waals surface area contributed by atoms with Crippen LogP contribution in [0.15, 0.2) is 0 Å². The minimum Gasteiger partial charge on any atom is -0.481 e. The van der Waals surface area contributed by atoms with Crippen LogP contribution in [0.4, 0.5) is 0 Å². The maximum atomic E-state index is 11.3. The van der Waals surface area contributed by atoms with Crippen molar-refractivity contribution >= 4 is 11.9 Å². The van der Waals surface area contributed by atoms with Crippen molar-refractivity contribution in [2.24, 2.45) is 11.8 Å². The van der Waals surface area contributed by atoms with E-state index in [2.05, 4.69) is 0 Å². The predicted octanol–water partition coefficient (Wildman–Crippen LogP) is 0.966. The maximum Gasteiger partial charge on any atom is 0.306 e. The molecule has 0 saturated carbocycles. The Morgan fingerprint density at radius 2 is 2.07 bits per heavy atom. The molecular weight excluding hydrogens is 182 g/mol. The summed E-state index contributed by atoms with van der Waals surface area (Å²) >= 11 is 0. The lowest BCUT2D eigenvalue weighted by atomic mass is 9.87. The Hall–Kier alpha value is -1.06. The standard InChI is InChI=1S/C10H17NO3/c1-3-4-9(12)11-5-8(6-11)7(2)10(13)14/h7-8H,3-6H2,1-2H3,(H,13,14). The van der Waals surface area contributed by atoms with Crippen molar-refractivity contribution in [3.8, 4) is 0 Å². The SMILES string of the molecule is CCCC(=O)N1CC(C(C)C(=O)O)C1.